The summed E-state index contributed by atoms with van der Waals surface area (Å²) in [5.41, 5.74) is 12.1. The zero-order valence-corrected chi connectivity index (χ0v) is 19.9. The van der Waals surface area contributed by atoms with E-state index in [1.807, 2.05) is 54.7 Å². The van der Waals surface area contributed by atoms with Gasteiger partial charge in [-0.05, 0) is 52.9 Å². The highest BCUT2D eigenvalue weighted by Gasteiger charge is 2.21. The summed E-state index contributed by atoms with van der Waals surface area (Å²) in [6.07, 6.45) is 1.85. The van der Waals surface area contributed by atoms with E-state index in [0.717, 1.165) is 49.9 Å². The number of aromatic nitrogens is 2. The Morgan fingerprint density at radius 2 is 1.69 bits per heavy atom. The van der Waals surface area contributed by atoms with Crippen molar-refractivity contribution in [1.82, 2.24) is 9.97 Å². The molecule has 0 spiro atoms. The molecule has 3 N–H and O–H groups in total. The van der Waals surface area contributed by atoms with Gasteiger partial charge in [-0.1, -0.05) is 48.5 Å². The van der Waals surface area contributed by atoms with Gasteiger partial charge in [0.25, 0.3) is 0 Å². The Morgan fingerprint density at radius 1 is 0.886 bits per heavy atom. The van der Waals surface area contributed by atoms with Gasteiger partial charge in [0.1, 0.15) is 11.4 Å². The molecule has 0 amide bonds. The van der Waals surface area contributed by atoms with Crippen molar-refractivity contribution in [2.45, 2.75) is 4.21 Å². The molecule has 0 bridgehead atoms. The summed E-state index contributed by atoms with van der Waals surface area (Å²) in [5.74, 6) is 0.240. The van der Waals surface area contributed by atoms with Gasteiger partial charge in [-0.2, -0.15) is 8.42 Å². The molecule has 6 rings (SSSR count). The molecule has 35 heavy (non-hydrogen) atoms. The van der Waals surface area contributed by atoms with Gasteiger partial charge in [0.15, 0.2) is 4.21 Å². The van der Waals surface area contributed by atoms with Crippen LogP contribution in [0.1, 0.15) is 0 Å². The number of pyridine rings is 1. The number of H-pyrrole nitrogens is 1. The van der Waals surface area contributed by atoms with E-state index in [1.165, 1.54) is 6.07 Å². The van der Waals surface area contributed by atoms with Gasteiger partial charge in [-0.25, -0.2) is 4.98 Å². The third-order valence-corrected chi connectivity index (χ3v) is 8.43. The SMILES string of the molecule is Nc1ccc(-c2cnc3[nH]c4ccc(OS(=O)(=O)c5cccs5)cc4c3c2-c2ccccc2)cc1. The fourth-order valence-corrected chi connectivity index (χ4v) is 6.12. The van der Waals surface area contributed by atoms with Crippen molar-refractivity contribution in [2.24, 2.45) is 0 Å². The summed E-state index contributed by atoms with van der Waals surface area (Å²) in [7, 11) is -3.91. The van der Waals surface area contributed by atoms with E-state index in [1.54, 1.807) is 23.6 Å². The summed E-state index contributed by atoms with van der Waals surface area (Å²) < 4.78 is 31.1. The fourth-order valence-electron chi connectivity index (χ4n) is 4.25. The lowest BCUT2D eigenvalue weighted by Gasteiger charge is -2.12. The second-order valence-corrected chi connectivity index (χ2v) is 10.8. The van der Waals surface area contributed by atoms with Crippen molar-refractivity contribution in [2.75, 3.05) is 5.73 Å². The van der Waals surface area contributed by atoms with Crippen LogP contribution < -0.4 is 9.92 Å². The first-order chi connectivity index (χ1) is 17.0. The summed E-state index contributed by atoms with van der Waals surface area (Å²) in [6, 6.07) is 26.2. The maximum Gasteiger partial charge on any atom is 0.348 e. The van der Waals surface area contributed by atoms with Crippen LogP contribution in [0.4, 0.5) is 5.69 Å². The van der Waals surface area contributed by atoms with Crippen LogP contribution in [0.5, 0.6) is 5.75 Å². The number of anilines is 1. The van der Waals surface area contributed by atoms with Crippen LogP contribution in [0.15, 0.2) is 101 Å². The largest absolute Gasteiger partial charge is 0.399 e. The van der Waals surface area contributed by atoms with Gasteiger partial charge in [0.2, 0.25) is 0 Å². The summed E-state index contributed by atoms with van der Waals surface area (Å²) in [5, 5.41) is 3.41. The Kier molecular flexibility index (Phi) is 5.05. The number of hydrogen-bond acceptors (Lipinski definition) is 6. The first kappa shape index (κ1) is 21.4. The molecule has 6 nitrogen and oxygen atoms in total. The van der Waals surface area contributed by atoms with Crippen LogP contribution in [0.3, 0.4) is 0 Å². The Labute approximate surface area is 205 Å². The molecule has 3 heterocycles. The molecule has 0 saturated carbocycles. The van der Waals surface area contributed by atoms with Gasteiger partial charge >= 0.3 is 10.1 Å². The van der Waals surface area contributed by atoms with E-state index in [2.05, 4.69) is 17.1 Å². The Hall–Kier alpha value is -4.14. The first-order valence-electron chi connectivity index (χ1n) is 10.8. The summed E-state index contributed by atoms with van der Waals surface area (Å²) in [6.45, 7) is 0. The Balaban J connectivity index is 1.60. The van der Waals surface area contributed by atoms with E-state index in [9.17, 15) is 8.42 Å². The lowest BCUT2D eigenvalue weighted by molar-refractivity contribution is 0.488. The third-order valence-electron chi connectivity index (χ3n) is 5.82. The van der Waals surface area contributed by atoms with E-state index in [-0.39, 0.29) is 9.96 Å². The molecule has 0 atom stereocenters. The third kappa shape index (κ3) is 3.82. The highest BCUT2D eigenvalue weighted by Crippen LogP contribution is 2.41. The lowest BCUT2D eigenvalue weighted by Crippen LogP contribution is -2.07. The predicted molar refractivity (Wildman–Crippen MR) is 141 cm³/mol. The number of thiophene rings is 1. The number of nitrogens with two attached hydrogens (primary N) is 1. The van der Waals surface area contributed by atoms with Crippen LogP contribution >= 0.6 is 11.3 Å². The number of fused-ring (bicyclic) bond motifs is 3. The molecule has 3 aromatic carbocycles. The Morgan fingerprint density at radius 3 is 2.43 bits per heavy atom. The monoisotopic (exact) mass is 497 g/mol. The van der Waals surface area contributed by atoms with Gasteiger partial charge in [0.05, 0.1) is 0 Å². The van der Waals surface area contributed by atoms with Crippen LogP contribution in [0.2, 0.25) is 0 Å². The minimum absolute atomic E-state index is 0.161. The number of nitrogen functional groups attached to an aromatic ring is 1. The number of aromatic amines is 1. The molecule has 0 radical (unpaired) electrons. The van der Waals surface area contributed by atoms with E-state index in [0.29, 0.717) is 11.3 Å². The highest BCUT2D eigenvalue weighted by atomic mass is 32.3. The number of nitrogens with zero attached hydrogens (tertiary/aromatic N) is 1. The van der Waals surface area contributed by atoms with Crippen molar-refractivity contribution in [3.63, 3.8) is 0 Å². The summed E-state index contributed by atoms with van der Waals surface area (Å²) in [4.78, 5) is 8.06. The second-order valence-electron chi connectivity index (χ2n) is 8.06. The van der Waals surface area contributed by atoms with Crippen LogP contribution in [0, 0.1) is 0 Å². The zero-order chi connectivity index (χ0) is 24.0. The maximum absolute atomic E-state index is 12.7. The average molecular weight is 498 g/mol. The normalized spacial score (nSPS) is 11.8. The minimum atomic E-state index is -3.91. The van der Waals surface area contributed by atoms with Crippen molar-refractivity contribution < 1.29 is 12.6 Å². The number of nitrogens with one attached hydrogen (secondary N) is 1. The average Bonchev–Trinajstić information content (AvgIpc) is 3.53. The van der Waals surface area contributed by atoms with Crippen LogP contribution in [0.25, 0.3) is 44.2 Å². The molecule has 0 fully saturated rings. The summed E-state index contributed by atoms with van der Waals surface area (Å²) >= 11 is 1.12. The lowest BCUT2D eigenvalue weighted by atomic mass is 9.92. The van der Waals surface area contributed by atoms with Crippen molar-refractivity contribution >= 4 is 49.1 Å². The number of rotatable bonds is 5. The molecule has 172 valence electrons. The van der Waals surface area contributed by atoms with E-state index < -0.39 is 10.1 Å². The molecular formula is C27H19N3O3S2. The standard InChI is InChI=1S/C27H19N3O3S2/c28-19-10-8-17(9-11-19)22-16-29-27-26(25(22)18-5-2-1-3-6-18)21-15-20(12-13-23(21)30-27)33-35(31,32)24-7-4-14-34-24/h1-16H,28H2,(H,29,30). The molecule has 6 aromatic rings. The van der Waals surface area contributed by atoms with E-state index in [4.69, 9.17) is 14.9 Å². The quantitative estimate of drug-likeness (QED) is 0.210. The topological polar surface area (TPSA) is 98.1 Å². The fraction of sp³-hybridized carbons (Fsp3) is 0. The number of benzene rings is 3. The second kappa shape index (κ2) is 8.26. The molecule has 0 aliphatic heterocycles. The molecule has 0 aliphatic rings. The van der Waals surface area contributed by atoms with E-state index >= 15 is 0 Å². The molecule has 0 saturated heterocycles. The van der Waals surface area contributed by atoms with Crippen LogP contribution in [-0.2, 0) is 10.1 Å². The van der Waals surface area contributed by atoms with Crippen LogP contribution in [-0.4, -0.2) is 18.4 Å². The highest BCUT2D eigenvalue weighted by molar-refractivity contribution is 7.89. The van der Waals surface area contributed by atoms with Gasteiger partial charge in [0, 0.05) is 39.3 Å². The smallest absolute Gasteiger partial charge is 0.348 e. The molecule has 0 aliphatic carbocycles. The van der Waals surface area contributed by atoms with Crippen molar-refractivity contribution in [1.29, 1.82) is 0 Å². The Bertz CT molecular complexity index is 1780. The molecule has 8 heteroatoms. The first-order valence-corrected chi connectivity index (χ1v) is 13.1. The zero-order valence-electron chi connectivity index (χ0n) is 18.3. The van der Waals surface area contributed by atoms with Crippen molar-refractivity contribution in [3.8, 4) is 28.0 Å². The molecule has 3 aromatic heterocycles. The van der Waals surface area contributed by atoms with Gasteiger partial charge in [-0.3, -0.25) is 0 Å². The number of hydrogen-bond donors (Lipinski definition) is 2. The maximum atomic E-state index is 12.7. The molecular weight excluding hydrogens is 478 g/mol. The molecule has 0 unspecified atom stereocenters. The van der Waals surface area contributed by atoms with Gasteiger partial charge < -0.3 is 14.9 Å². The predicted octanol–water partition coefficient (Wildman–Crippen LogP) is 6.46. The minimum Gasteiger partial charge on any atom is -0.399 e. The van der Waals surface area contributed by atoms with Gasteiger partial charge in [-0.15, -0.1) is 11.3 Å². The van der Waals surface area contributed by atoms with Crippen molar-refractivity contribution in [3.05, 3.63) is 96.5 Å².